The molecule has 0 bridgehead atoms. The molecule has 4 nitrogen and oxygen atoms in total. The predicted molar refractivity (Wildman–Crippen MR) is 110 cm³/mol. The maximum absolute atomic E-state index is 13.0. The molecular weight excluding hydrogens is 372 g/mol. The van der Waals surface area contributed by atoms with Crippen molar-refractivity contribution in [1.82, 2.24) is 10.2 Å². The van der Waals surface area contributed by atoms with Crippen LogP contribution in [-0.2, 0) is 11.2 Å². The molecule has 1 unspecified atom stereocenters. The Labute approximate surface area is 170 Å². The first kappa shape index (κ1) is 19.0. The van der Waals surface area contributed by atoms with E-state index in [1.54, 1.807) is 24.3 Å². The van der Waals surface area contributed by atoms with E-state index in [0.29, 0.717) is 36.0 Å². The van der Waals surface area contributed by atoms with Gasteiger partial charge in [-0.3, -0.25) is 9.59 Å². The SMILES string of the molecule is O=C(NCCCC(=O)N(C1CC1)C1CCc2ccccc21)c1ccc(Cl)cc1. The monoisotopic (exact) mass is 396 g/mol. The predicted octanol–water partition coefficient (Wildman–Crippen LogP) is 4.53. The van der Waals surface area contributed by atoms with Gasteiger partial charge in [-0.2, -0.15) is 0 Å². The molecule has 2 amide bonds. The molecule has 1 atom stereocenters. The molecule has 0 spiro atoms. The average Bonchev–Trinajstić information content (AvgIpc) is 3.45. The lowest BCUT2D eigenvalue weighted by molar-refractivity contribution is -0.134. The number of halogens is 1. The van der Waals surface area contributed by atoms with Crippen LogP contribution in [0.2, 0.25) is 5.02 Å². The summed E-state index contributed by atoms with van der Waals surface area (Å²) in [4.78, 5) is 27.3. The van der Waals surface area contributed by atoms with Crippen molar-refractivity contribution in [3.63, 3.8) is 0 Å². The summed E-state index contributed by atoms with van der Waals surface area (Å²) in [5.74, 6) is 0.0813. The first-order valence-electron chi connectivity index (χ1n) is 10.1. The Balaban J connectivity index is 1.30. The van der Waals surface area contributed by atoms with Crippen LogP contribution >= 0.6 is 11.6 Å². The zero-order chi connectivity index (χ0) is 19.5. The number of nitrogens with one attached hydrogen (secondary N) is 1. The van der Waals surface area contributed by atoms with Crippen LogP contribution in [0.4, 0.5) is 0 Å². The third kappa shape index (κ3) is 4.22. The Hall–Kier alpha value is -2.33. The lowest BCUT2D eigenvalue weighted by atomic mass is 10.1. The number of benzene rings is 2. The van der Waals surface area contributed by atoms with Crippen molar-refractivity contribution in [2.75, 3.05) is 6.54 Å². The van der Waals surface area contributed by atoms with Crippen molar-refractivity contribution in [3.8, 4) is 0 Å². The fourth-order valence-electron chi connectivity index (χ4n) is 4.08. The van der Waals surface area contributed by atoms with E-state index in [9.17, 15) is 9.59 Å². The Kier molecular flexibility index (Phi) is 5.67. The zero-order valence-corrected chi connectivity index (χ0v) is 16.6. The van der Waals surface area contributed by atoms with Gasteiger partial charge in [0.15, 0.2) is 0 Å². The van der Waals surface area contributed by atoms with Crippen molar-refractivity contribution in [2.45, 2.75) is 50.6 Å². The maximum Gasteiger partial charge on any atom is 0.251 e. The van der Waals surface area contributed by atoms with E-state index >= 15 is 0 Å². The van der Waals surface area contributed by atoms with Gasteiger partial charge in [-0.25, -0.2) is 0 Å². The third-order valence-electron chi connectivity index (χ3n) is 5.62. The van der Waals surface area contributed by atoms with E-state index in [4.69, 9.17) is 11.6 Å². The minimum atomic E-state index is -0.132. The van der Waals surface area contributed by atoms with Crippen molar-refractivity contribution >= 4 is 23.4 Å². The molecule has 0 radical (unpaired) electrons. The van der Waals surface area contributed by atoms with E-state index < -0.39 is 0 Å². The van der Waals surface area contributed by atoms with Crippen LogP contribution in [0.3, 0.4) is 0 Å². The van der Waals surface area contributed by atoms with Gasteiger partial charge in [0.05, 0.1) is 6.04 Å². The summed E-state index contributed by atoms with van der Waals surface area (Å²) >= 11 is 5.85. The highest BCUT2D eigenvalue weighted by Crippen LogP contribution is 2.42. The van der Waals surface area contributed by atoms with Crippen LogP contribution in [0.5, 0.6) is 0 Å². The smallest absolute Gasteiger partial charge is 0.251 e. The van der Waals surface area contributed by atoms with Gasteiger partial charge in [0.1, 0.15) is 0 Å². The standard InChI is InChI=1S/C23H25ClN2O2/c24-18-10-7-17(8-11-18)23(28)25-15-3-6-22(27)26(19-12-13-19)21-14-9-16-4-1-2-5-20(16)21/h1-2,4-5,7-8,10-11,19,21H,3,6,9,12-15H2,(H,25,28). The van der Waals surface area contributed by atoms with Gasteiger partial charge >= 0.3 is 0 Å². The number of carbonyl (C=O) groups excluding carboxylic acids is 2. The largest absolute Gasteiger partial charge is 0.352 e. The van der Waals surface area contributed by atoms with Crippen molar-refractivity contribution in [3.05, 3.63) is 70.2 Å². The zero-order valence-electron chi connectivity index (χ0n) is 15.9. The molecule has 2 aliphatic rings. The third-order valence-corrected chi connectivity index (χ3v) is 5.88. The highest BCUT2D eigenvalue weighted by molar-refractivity contribution is 6.30. The number of aryl methyl sites for hydroxylation is 1. The van der Waals surface area contributed by atoms with Gasteiger partial charge < -0.3 is 10.2 Å². The van der Waals surface area contributed by atoms with Crippen LogP contribution in [0, 0.1) is 0 Å². The second-order valence-corrected chi connectivity index (χ2v) is 8.09. The van der Waals surface area contributed by atoms with Crippen molar-refractivity contribution in [1.29, 1.82) is 0 Å². The maximum atomic E-state index is 13.0. The summed E-state index contributed by atoms with van der Waals surface area (Å²) in [6.07, 6.45) is 5.41. The molecule has 2 aromatic carbocycles. The topological polar surface area (TPSA) is 49.4 Å². The van der Waals surface area contributed by atoms with Gasteiger partial charge in [0.2, 0.25) is 5.91 Å². The molecule has 0 aliphatic heterocycles. The van der Waals surface area contributed by atoms with Crippen LogP contribution < -0.4 is 5.32 Å². The summed E-state index contributed by atoms with van der Waals surface area (Å²) in [6.45, 7) is 0.493. The summed E-state index contributed by atoms with van der Waals surface area (Å²) in [6, 6.07) is 15.9. The quantitative estimate of drug-likeness (QED) is 0.699. The van der Waals surface area contributed by atoms with Gasteiger partial charge in [-0.05, 0) is 67.5 Å². The van der Waals surface area contributed by atoms with Crippen molar-refractivity contribution in [2.24, 2.45) is 0 Å². The normalized spacial score (nSPS) is 17.8. The molecule has 5 heteroatoms. The number of nitrogens with zero attached hydrogens (tertiary/aromatic N) is 1. The fourth-order valence-corrected chi connectivity index (χ4v) is 4.21. The minimum absolute atomic E-state index is 0.132. The van der Waals surface area contributed by atoms with E-state index in [0.717, 1.165) is 25.7 Å². The van der Waals surface area contributed by atoms with Crippen molar-refractivity contribution < 1.29 is 9.59 Å². The first-order chi connectivity index (χ1) is 13.6. The number of amides is 2. The molecule has 2 aromatic rings. The summed E-state index contributed by atoms with van der Waals surface area (Å²) in [7, 11) is 0. The van der Waals surface area contributed by atoms with E-state index in [1.165, 1.54) is 11.1 Å². The Bertz CT molecular complexity index is 861. The molecule has 146 valence electrons. The van der Waals surface area contributed by atoms with Gasteiger partial charge in [0, 0.05) is 29.6 Å². The Morgan fingerprint density at radius 2 is 1.79 bits per heavy atom. The molecule has 0 heterocycles. The number of hydrogen-bond donors (Lipinski definition) is 1. The van der Waals surface area contributed by atoms with Crippen LogP contribution in [0.15, 0.2) is 48.5 Å². The molecule has 1 N–H and O–H groups in total. The average molecular weight is 397 g/mol. The summed E-state index contributed by atoms with van der Waals surface area (Å²) in [5.41, 5.74) is 3.28. The second kappa shape index (κ2) is 8.36. The molecular formula is C23H25ClN2O2. The lowest BCUT2D eigenvalue weighted by Gasteiger charge is -2.30. The van der Waals surface area contributed by atoms with Crippen LogP contribution in [0.1, 0.15) is 59.6 Å². The molecule has 2 aliphatic carbocycles. The molecule has 1 saturated carbocycles. The first-order valence-corrected chi connectivity index (χ1v) is 10.4. The summed E-state index contributed by atoms with van der Waals surface area (Å²) in [5, 5.41) is 3.50. The molecule has 0 saturated heterocycles. The molecule has 28 heavy (non-hydrogen) atoms. The van der Waals surface area contributed by atoms with Crippen LogP contribution in [0.25, 0.3) is 0 Å². The number of hydrogen-bond acceptors (Lipinski definition) is 2. The van der Waals surface area contributed by atoms with Gasteiger partial charge in [0.25, 0.3) is 5.91 Å². The number of rotatable bonds is 7. The number of carbonyl (C=O) groups is 2. The Morgan fingerprint density at radius 3 is 2.54 bits per heavy atom. The lowest BCUT2D eigenvalue weighted by Crippen LogP contribution is -2.36. The molecule has 4 rings (SSSR count). The van der Waals surface area contributed by atoms with E-state index in [2.05, 4.69) is 34.5 Å². The highest BCUT2D eigenvalue weighted by atomic mass is 35.5. The summed E-state index contributed by atoms with van der Waals surface area (Å²) < 4.78 is 0. The minimum Gasteiger partial charge on any atom is -0.352 e. The van der Waals surface area contributed by atoms with Gasteiger partial charge in [-0.1, -0.05) is 35.9 Å². The molecule has 1 fully saturated rings. The van der Waals surface area contributed by atoms with Gasteiger partial charge in [-0.15, -0.1) is 0 Å². The van der Waals surface area contributed by atoms with Crippen LogP contribution in [-0.4, -0.2) is 29.3 Å². The highest BCUT2D eigenvalue weighted by Gasteiger charge is 2.39. The fraction of sp³-hybridized carbons (Fsp3) is 0.391. The van der Waals surface area contributed by atoms with E-state index in [-0.39, 0.29) is 17.9 Å². The second-order valence-electron chi connectivity index (χ2n) is 7.65. The number of fused-ring (bicyclic) bond motifs is 1. The van der Waals surface area contributed by atoms with E-state index in [1.807, 2.05) is 0 Å². The Morgan fingerprint density at radius 1 is 1.04 bits per heavy atom. The molecule has 0 aromatic heterocycles.